The molecular weight excluding hydrogens is 136 g/mol. The third kappa shape index (κ3) is 7.56. The average Bonchev–Trinajstić information content (AvgIpc) is 1.97. The Balaban J connectivity index is 3.08. The molecule has 2 heteroatoms. The predicted octanol–water partition coefficient (Wildman–Crippen LogP) is 1.10. The van der Waals surface area contributed by atoms with Gasteiger partial charge in [-0.05, 0) is 20.5 Å². The van der Waals surface area contributed by atoms with E-state index in [4.69, 9.17) is 0 Å². The molecular formula is C9H20N2. The minimum Gasteiger partial charge on any atom is -0.312 e. The number of hydrogen-bond acceptors (Lipinski definition) is 2. The summed E-state index contributed by atoms with van der Waals surface area (Å²) in [4.78, 5) is 2.28. The normalized spacial score (nSPS) is 10.5. The molecule has 0 atom stereocenters. The zero-order valence-electron chi connectivity index (χ0n) is 7.98. The molecule has 0 heterocycles. The highest BCUT2D eigenvalue weighted by molar-refractivity contribution is 4.90. The largest absolute Gasteiger partial charge is 0.312 e. The fourth-order valence-electron chi connectivity index (χ4n) is 0.730. The fraction of sp³-hybridized carbons (Fsp3) is 0.778. The zero-order valence-corrected chi connectivity index (χ0v) is 7.98. The smallest absolute Gasteiger partial charge is 0.0159 e. The number of nitrogens with one attached hydrogen (secondary N) is 1. The molecule has 0 spiro atoms. The van der Waals surface area contributed by atoms with Crippen molar-refractivity contribution >= 4 is 0 Å². The summed E-state index contributed by atoms with van der Waals surface area (Å²) in [6.45, 7) is 12.2. The summed E-state index contributed by atoms with van der Waals surface area (Å²) in [7, 11) is 2.13. The number of likely N-dealkylation sites (N-methyl/N-ethyl adjacent to an activating group) is 1. The van der Waals surface area contributed by atoms with Crippen LogP contribution in [0.2, 0.25) is 0 Å². The Bertz CT molecular complexity index is 110. The predicted molar refractivity (Wildman–Crippen MR) is 50.9 cm³/mol. The molecule has 0 saturated carbocycles. The Morgan fingerprint density at radius 1 is 1.55 bits per heavy atom. The van der Waals surface area contributed by atoms with E-state index >= 15 is 0 Å². The minimum atomic E-state index is 0.942. The first-order valence-corrected chi connectivity index (χ1v) is 4.20. The number of nitrogens with zero attached hydrogens (tertiary/aromatic N) is 1. The van der Waals surface area contributed by atoms with Crippen LogP contribution < -0.4 is 5.32 Å². The number of rotatable bonds is 6. The molecule has 0 saturated heterocycles. The summed E-state index contributed by atoms with van der Waals surface area (Å²) in [5, 5.41) is 3.31. The molecule has 0 aromatic rings. The van der Waals surface area contributed by atoms with Gasteiger partial charge in [-0.1, -0.05) is 19.1 Å². The molecule has 66 valence electrons. The van der Waals surface area contributed by atoms with Gasteiger partial charge in [0.2, 0.25) is 0 Å². The van der Waals surface area contributed by atoms with Gasteiger partial charge in [-0.2, -0.15) is 0 Å². The quantitative estimate of drug-likeness (QED) is 0.458. The van der Waals surface area contributed by atoms with E-state index in [1.54, 1.807) is 0 Å². The Labute approximate surface area is 70.3 Å². The van der Waals surface area contributed by atoms with Crippen molar-refractivity contribution in [2.24, 2.45) is 0 Å². The van der Waals surface area contributed by atoms with Crippen LogP contribution >= 0.6 is 0 Å². The van der Waals surface area contributed by atoms with Crippen molar-refractivity contribution in [2.45, 2.75) is 13.8 Å². The van der Waals surface area contributed by atoms with Crippen LogP contribution in [0.5, 0.6) is 0 Å². The molecule has 11 heavy (non-hydrogen) atoms. The molecule has 1 N–H and O–H groups in total. The maximum atomic E-state index is 3.82. The van der Waals surface area contributed by atoms with Crippen LogP contribution in [-0.2, 0) is 0 Å². The average molecular weight is 156 g/mol. The van der Waals surface area contributed by atoms with Crippen LogP contribution in [0.25, 0.3) is 0 Å². The summed E-state index contributed by atoms with van der Waals surface area (Å²) in [6, 6.07) is 0. The van der Waals surface area contributed by atoms with Crippen LogP contribution in [0.15, 0.2) is 12.2 Å². The Morgan fingerprint density at radius 2 is 2.18 bits per heavy atom. The van der Waals surface area contributed by atoms with E-state index < -0.39 is 0 Å². The number of hydrogen-bond donors (Lipinski definition) is 1. The summed E-state index contributed by atoms with van der Waals surface area (Å²) < 4.78 is 0. The molecule has 0 radical (unpaired) electrons. The molecule has 0 aliphatic rings. The van der Waals surface area contributed by atoms with E-state index in [1.165, 1.54) is 5.57 Å². The molecule has 0 unspecified atom stereocenters. The summed E-state index contributed by atoms with van der Waals surface area (Å²) in [5.74, 6) is 0. The van der Waals surface area contributed by atoms with Crippen molar-refractivity contribution in [3.8, 4) is 0 Å². The lowest BCUT2D eigenvalue weighted by Gasteiger charge is -2.13. The van der Waals surface area contributed by atoms with E-state index in [0.29, 0.717) is 0 Å². The SMILES string of the molecule is C=C(C)CNCCN(C)CC. The topological polar surface area (TPSA) is 15.3 Å². The fourth-order valence-corrected chi connectivity index (χ4v) is 0.730. The van der Waals surface area contributed by atoms with Gasteiger partial charge in [0.05, 0.1) is 0 Å². The van der Waals surface area contributed by atoms with E-state index in [2.05, 4.69) is 30.8 Å². The highest BCUT2D eigenvalue weighted by Crippen LogP contribution is 1.82. The minimum absolute atomic E-state index is 0.942. The summed E-state index contributed by atoms with van der Waals surface area (Å²) in [5.41, 5.74) is 1.20. The van der Waals surface area contributed by atoms with Crippen molar-refractivity contribution in [3.05, 3.63) is 12.2 Å². The third-order valence-corrected chi connectivity index (χ3v) is 1.64. The maximum absolute atomic E-state index is 3.82. The molecule has 0 aromatic carbocycles. The second-order valence-electron chi connectivity index (χ2n) is 3.03. The lowest BCUT2D eigenvalue weighted by atomic mass is 10.3. The molecule has 0 bridgehead atoms. The lowest BCUT2D eigenvalue weighted by Crippen LogP contribution is -2.29. The van der Waals surface area contributed by atoms with Crippen LogP contribution in [0.4, 0.5) is 0 Å². The first kappa shape index (κ1) is 10.7. The van der Waals surface area contributed by atoms with Gasteiger partial charge < -0.3 is 10.2 Å². The van der Waals surface area contributed by atoms with E-state index in [0.717, 1.165) is 26.2 Å². The molecule has 0 aliphatic heterocycles. The first-order valence-electron chi connectivity index (χ1n) is 4.20. The van der Waals surface area contributed by atoms with Crippen molar-refractivity contribution in [1.29, 1.82) is 0 Å². The molecule has 0 aromatic heterocycles. The standard InChI is InChI=1S/C9H20N2/c1-5-11(4)7-6-10-8-9(2)3/h10H,2,5-8H2,1,3-4H3. The van der Waals surface area contributed by atoms with Gasteiger partial charge in [-0.25, -0.2) is 0 Å². The van der Waals surface area contributed by atoms with Crippen LogP contribution in [0.1, 0.15) is 13.8 Å². The van der Waals surface area contributed by atoms with Crippen LogP contribution in [-0.4, -0.2) is 38.1 Å². The first-order chi connectivity index (χ1) is 5.16. The maximum Gasteiger partial charge on any atom is 0.0159 e. The van der Waals surface area contributed by atoms with E-state index in [9.17, 15) is 0 Å². The third-order valence-electron chi connectivity index (χ3n) is 1.64. The molecule has 0 rings (SSSR count). The Hall–Kier alpha value is -0.340. The lowest BCUT2D eigenvalue weighted by molar-refractivity contribution is 0.351. The van der Waals surface area contributed by atoms with Crippen molar-refractivity contribution in [1.82, 2.24) is 10.2 Å². The highest BCUT2D eigenvalue weighted by Gasteiger charge is 1.92. The molecule has 2 nitrogen and oxygen atoms in total. The monoisotopic (exact) mass is 156 g/mol. The second kappa shape index (κ2) is 6.38. The van der Waals surface area contributed by atoms with Gasteiger partial charge in [0.25, 0.3) is 0 Å². The van der Waals surface area contributed by atoms with Gasteiger partial charge in [0, 0.05) is 19.6 Å². The Morgan fingerprint density at radius 3 is 2.64 bits per heavy atom. The highest BCUT2D eigenvalue weighted by atomic mass is 15.1. The van der Waals surface area contributed by atoms with Gasteiger partial charge in [0.15, 0.2) is 0 Å². The van der Waals surface area contributed by atoms with Crippen molar-refractivity contribution in [3.63, 3.8) is 0 Å². The molecule has 0 amide bonds. The zero-order chi connectivity index (χ0) is 8.69. The van der Waals surface area contributed by atoms with E-state index in [1.807, 2.05) is 6.92 Å². The van der Waals surface area contributed by atoms with Crippen LogP contribution in [0.3, 0.4) is 0 Å². The summed E-state index contributed by atoms with van der Waals surface area (Å²) >= 11 is 0. The van der Waals surface area contributed by atoms with Crippen LogP contribution in [0, 0.1) is 0 Å². The van der Waals surface area contributed by atoms with Crippen molar-refractivity contribution < 1.29 is 0 Å². The van der Waals surface area contributed by atoms with Gasteiger partial charge in [-0.15, -0.1) is 0 Å². The molecule has 0 aliphatic carbocycles. The Kier molecular flexibility index (Phi) is 6.18. The van der Waals surface area contributed by atoms with Gasteiger partial charge >= 0.3 is 0 Å². The second-order valence-corrected chi connectivity index (χ2v) is 3.03. The van der Waals surface area contributed by atoms with E-state index in [-0.39, 0.29) is 0 Å². The summed E-state index contributed by atoms with van der Waals surface area (Å²) in [6.07, 6.45) is 0. The van der Waals surface area contributed by atoms with Gasteiger partial charge in [-0.3, -0.25) is 0 Å². The molecule has 0 fully saturated rings. The van der Waals surface area contributed by atoms with Crippen molar-refractivity contribution in [2.75, 3.05) is 33.2 Å². The van der Waals surface area contributed by atoms with Gasteiger partial charge in [0.1, 0.15) is 0 Å².